The van der Waals surface area contributed by atoms with E-state index in [1.165, 1.54) is 16.9 Å². The molecular formula is C13H16O2S2. The van der Waals surface area contributed by atoms with E-state index in [2.05, 4.69) is 18.7 Å². The van der Waals surface area contributed by atoms with Gasteiger partial charge in [0.2, 0.25) is 0 Å². The van der Waals surface area contributed by atoms with Crippen molar-refractivity contribution in [2.45, 2.75) is 18.2 Å². The monoisotopic (exact) mass is 268 g/mol. The molecule has 1 aromatic rings. The number of carbonyl (C=O) groups is 1. The van der Waals surface area contributed by atoms with Crippen LogP contribution in [-0.2, 0) is 8.98 Å². The Labute approximate surface area is 111 Å². The molecule has 0 saturated heterocycles. The smallest absolute Gasteiger partial charge is 0.160 e. The van der Waals surface area contributed by atoms with Crippen LogP contribution in [0.2, 0.25) is 0 Å². The number of ketones is 1. The predicted molar refractivity (Wildman–Crippen MR) is 75.1 cm³/mol. The van der Waals surface area contributed by atoms with E-state index in [9.17, 15) is 4.79 Å². The number of hydrogen-bond donors (Lipinski definition) is 0. The minimum atomic E-state index is 0.0707. The maximum atomic E-state index is 11.2. The first kappa shape index (κ1) is 14.4. The first-order chi connectivity index (χ1) is 8.20. The zero-order chi connectivity index (χ0) is 12.5. The van der Waals surface area contributed by atoms with Crippen molar-refractivity contribution in [2.24, 2.45) is 0 Å². The standard InChI is InChI=1S/C13H16O2S2/c1-11(2)13(14)8-9-15-17-10-16-12-6-4-3-5-7-12/h3-7H,1,8-10H2,2H3. The minimum absolute atomic E-state index is 0.0707. The molecule has 0 aromatic heterocycles. The Hall–Kier alpha value is -0.710. The lowest BCUT2D eigenvalue weighted by atomic mass is 10.2. The van der Waals surface area contributed by atoms with Crippen LogP contribution in [0.15, 0.2) is 47.4 Å². The van der Waals surface area contributed by atoms with Crippen molar-refractivity contribution >= 4 is 29.6 Å². The molecule has 0 heterocycles. The number of thioether (sulfide) groups is 1. The van der Waals surface area contributed by atoms with Crippen molar-refractivity contribution in [3.8, 4) is 0 Å². The van der Waals surface area contributed by atoms with E-state index in [4.69, 9.17) is 4.18 Å². The zero-order valence-electron chi connectivity index (χ0n) is 9.85. The topological polar surface area (TPSA) is 26.3 Å². The van der Waals surface area contributed by atoms with Gasteiger partial charge >= 0.3 is 0 Å². The summed E-state index contributed by atoms with van der Waals surface area (Å²) < 4.78 is 5.31. The predicted octanol–water partition coefficient (Wildman–Crippen LogP) is 3.94. The fourth-order valence-corrected chi connectivity index (χ4v) is 2.61. The van der Waals surface area contributed by atoms with Gasteiger partial charge in [-0.1, -0.05) is 24.8 Å². The third-order valence-electron chi connectivity index (χ3n) is 1.99. The van der Waals surface area contributed by atoms with Crippen molar-refractivity contribution in [2.75, 3.05) is 11.7 Å². The lowest BCUT2D eigenvalue weighted by Gasteiger charge is -2.02. The summed E-state index contributed by atoms with van der Waals surface area (Å²) in [5.41, 5.74) is 0.595. The molecule has 0 amide bonds. The van der Waals surface area contributed by atoms with Gasteiger partial charge in [0, 0.05) is 23.4 Å². The van der Waals surface area contributed by atoms with Gasteiger partial charge in [-0.3, -0.25) is 4.79 Å². The van der Waals surface area contributed by atoms with E-state index >= 15 is 0 Å². The summed E-state index contributed by atoms with van der Waals surface area (Å²) in [4.78, 5) is 12.4. The van der Waals surface area contributed by atoms with E-state index in [0.29, 0.717) is 18.6 Å². The van der Waals surface area contributed by atoms with Gasteiger partial charge in [-0.2, -0.15) is 0 Å². The Bertz CT molecular complexity index is 363. The number of rotatable bonds is 8. The second kappa shape index (κ2) is 8.39. The second-order valence-corrected chi connectivity index (χ2v) is 5.64. The lowest BCUT2D eigenvalue weighted by molar-refractivity contribution is -0.115. The molecule has 4 heteroatoms. The fraction of sp³-hybridized carbons (Fsp3) is 0.308. The van der Waals surface area contributed by atoms with Gasteiger partial charge < -0.3 is 4.18 Å². The van der Waals surface area contributed by atoms with Gasteiger partial charge in [-0.25, -0.2) is 0 Å². The van der Waals surface area contributed by atoms with E-state index in [1.807, 2.05) is 18.2 Å². The molecule has 0 aliphatic carbocycles. The number of benzene rings is 1. The maximum Gasteiger partial charge on any atom is 0.160 e. The molecule has 0 saturated carbocycles. The Morgan fingerprint density at radius 1 is 1.35 bits per heavy atom. The highest BCUT2D eigenvalue weighted by atomic mass is 32.2. The molecule has 1 rings (SSSR count). The Balaban J connectivity index is 2.02. The molecule has 0 radical (unpaired) electrons. The zero-order valence-corrected chi connectivity index (χ0v) is 11.5. The van der Waals surface area contributed by atoms with Gasteiger partial charge in [0.05, 0.1) is 11.7 Å². The first-order valence-corrected chi connectivity index (χ1v) is 7.21. The highest BCUT2D eigenvalue weighted by molar-refractivity contribution is 8.14. The third kappa shape index (κ3) is 6.56. The number of hydrogen-bond acceptors (Lipinski definition) is 4. The van der Waals surface area contributed by atoms with Crippen LogP contribution in [0, 0.1) is 0 Å². The van der Waals surface area contributed by atoms with Crippen LogP contribution in [0.5, 0.6) is 0 Å². The van der Waals surface area contributed by atoms with Crippen LogP contribution in [0.1, 0.15) is 13.3 Å². The summed E-state index contributed by atoms with van der Waals surface area (Å²) in [5.74, 6) is 0.0707. The van der Waals surface area contributed by atoms with Crippen LogP contribution in [-0.4, -0.2) is 17.5 Å². The van der Waals surface area contributed by atoms with Crippen LogP contribution in [0.3, 0.4) is 0 Å². The fourth-order valence-electron chi connectivity index (χ4n) is 1.05. The molecule has 0 spiro atoms. The summed E-state index contributed by atoms with van der Waals surface area (Å²) in [5, 5.41) is 0.825. The molecule has 0 aliphatic rings. The molecule has 17 heavy (non-hydrogen) atoms. The van der Waals surface area contributed by atoms with Crippen LogP contribution >= 0.6 is 23.8 Å². The molecule has 0 unspecified atom stereocenters. The van der Waals surface area contributed by atoms with Gasteiger partial charge in [0.1, 0.15) is 0 Å². The molecular weight excluding hydrogens is 252 g/mol. The molecule has 92 valence electrons. The molecule has 0 bridgehead atoms. The molecule has 0 aliphatic heterocycles. The number of allylic oxidation sites excluding steroid dienone is 1. The minimum Gasteiger partial charge on any atom is -0.314 e. The summed E-state index contributed by atoms with van der Waals surface area (Å²) in [7, 11) is 0. The van der Waals surface area contributed by atoms with Crippen molar-refractivity contribution in [3.05, 3.63) is 42.5 Å². The van der Waals surface area contributed by atoms with Gasteiger partial charge in [-0.05, 0) is 24.6 Å². The van der Waals surface area contributed by atoms with Crippen molar-refractivity contribution < 1.29 is 8.98 Å². The van der Waals surface area contributed by atoms with Crippen molar-refractivity contribution in [1.82, 2.24) is 0 Å². The van der Waals surface area contributed by atoms with Crippen molar-refractivity contribution in [3.63, 3.8) is 0 Å². The number of Topliss-reactive ketones (excluding diaryl/α,β-unsaturated/α-hetero) is 1. The Morgan fingerprint density at radius 3 is 2.71 bits per heavy atom. The molecule has 0 fully saturated rings. The largest absolute Gasteiger partial charge is 0.314 e. The van der Waals surface area contributed by atoms with Gasteiger partial charge in [0.15, 0.2) is 5.78 Å². The Morgan fingerprint density at radius 2 is 2.06 bits per heavy atom. The molecule has 2 nitrogen and oxygen atoms in total. The lowest BCUT2D eigenvalue weighted by Crippen LogP contribution is -2.02. The van der Waals surface area contributed by atoms with Crippen LogP contribution in [0.4, 0.5) is 0 Å². The van der Waals surface area contributed by atoms with E-state index in [1.54, 1.807) is 18.7 Å². The van der Waals surface area contributed by atoms with Crippen molar-refractivity contribution in [1.29, 1.82) is 0 Å². The average Bonchev–Trinajstić information content (AvgIpc) is 2.34. The summed E-state index contributed by atoms with van der Waals surface area (Å²) in [6, 6.07) is 10.2. The van der Waals surface area contributed by atoms with Crippen LogP contribution in [0.25, 0.3) is 0 Å². The first-order valence-electron chi connectivity index (χ1n) is 5.31. The summed E-state index contributed by atoms with van der Waals surface area (Å²) in [6.45, 7) is 5.77. The quantitative estimate of drug-likeness (QED) is 0.234. The van der Waals surface area contributed by atoms with Crippen LogP contribution < -0.4 is 0 Å². The normalized spacial score (nSPS) is 10.2. The SMILES string of the molecule is C=C(C)C(=O)CCOSCSc1ccccc1. The summed E-state index contributed by atoms with van der Waals surface area (Å²) in [6.07, 6.45) is 0.415. The Kier molecular flexibility index (Phi) is 7.08. The molecule has 1 aromatic carbocycles. The maximum absolute atomic E-state index is 11.2. The highest BCUT2D eigenvalue weighted by Crippen LogP contribution is 2.22. The number of carbonyl (C=O) groups excluding carboxylic acids is 1. The van der Waals surface area contributed by atoms with E-state index in [-0.39, 0.29) is 5.78 Å². The van der Waals surface area contributed by atoms with E-state index < -0.39 is 0 Å². The molecule has 0 atom stereocenters. The third-order valence-corrected chi connectivity index (χ3v) is 3.78. The second-order valence-electron chi connectivity index (χ2n) is 3.47. The van der Waals surface area contributed by atoms with E-state index in [0.717, 1.165) is 5.08 Å². The average molecular weight is 268 g/mol. The molecule has 0 N–H and O–H groups in total. The van der Waals surface area contributed by atoms with Gasteiger partial charge in [0.25, 0.3) is 0 Å². The summed E-state index contributed by atoms with van der Waals surface area (Å²) >= 11 is 3.10. The highest BCUT2D eigenvalue weighted by Gasteiger charge is 2.02. The van der Waals surface area contributed by atoms with Gasteiger partial charge in [-0.15, -0.1) is 11.8 Å².